The van der Waals surface area contributed by atoms with E-state index in [1.54, 1.807) is 12.3 Å². The van der Waals surface area contributed by atoms with Gasteiger partial charge in [-0.2, -0.15) is 0 Å². The number of anilines is 3. The van der Waals surface area contributed by atoms with E-state index >= 15 is 0 Å². The van der Waals surface area contributed by atoms with Crippen LogP contribution in [0.25, 0.3) is 0 Å². The second-order valence-electron chi connectivity index (χ2n) is 5.69. The fourth-order valence-corrected chi connectivity index (χ4v) is 3.05. The Hall–Kier alpha value is -2.45. The van der Waals surface area contributed by atoms with Gasteiger partial charge in [0.1, 0.15) is 5.82 Å². The number of nitrogens with one attached hydrogen (secondary N) is 2. The Balaban J connectivity index is 1.96. The zero-order valence-electron chi connectivity index (χ0n) is 14.3. The van der Waals surface area contributed by atoms with E-state index in [1.807, 2.05) is 24.3 Å². The minimum Gasteiger partial charge on any atom is -0.464 e. The van der Waals surface area contributed by atoms with Crippen molar-refractivity contribution in [2.75, 3.05) is 43.6 Å². The molecule has 3 rings (SSSR count). The summed E-state index contributed by atoms with van der Waals surface area (Å²) >= 11 is 3.43. The minimum atomic E-state index is -0.705. The second-order valence-corrected chi connectivity index (χ2v) is 6.61. The molecular weight excluding hydrogens is 400 g/mol. The number of hydrogen-bond donors (Lipinski definition) is 2. The van der Waals surface area contributed by atoms with Gasteiger partial charge >= 0.3 is 5.97 Å². The highest BCUT2D eigenvalue weighted by molar-refractivity contribution is 9.10. The van der Waals surface area contributed by atoms with Gasteiger partial charge in [0, 0.05) is 23.2 Å². The third-order valence-corrected chi connectivity index (χ3v) is 4.49. The number of methoxy groups -OCH3 is 1. The summed E-state index contributed by atoms with van der Waals surface area (Å²) in [7, 11) is 1.26. The van der Waals surface area contributed by atoms with E-state index in [9.17, 15) is 4.79 Å². The summed E-state index contributed by atoms with van der Waals surface area (Å²) in [6.45, 7) is 2.76. The van der Waals surface area contributed by atoms with Crippen LogP contribution in [-0.2, 0) is 14.3 Å². The molecule has 0 radical (unpaired) electrons. The van der Waals surface area contributed by atoms with Crippen molar-refractivity contribution in [1.29, 1.82) is 5.41 Å². The Bertz CT molecular complexity index is 822. The zero-order valence-corrected chi connectivity index (χ0v) is 15.9. The van der Waals surface area contributed by atoms with Crippen molar-refractivity contribution in [3.63, 3.8) is 0 Å². The van der Waals surface area contributed by atoms with E-state index in [0.29, 0.717) is 24.6 Å². The molecule has 1 aromatic carbocycles. The lowest BCUT2D eigenvalue weighted by molar-refractivity contribution is -0.132. The summed E-state index contributed by atoms with van der Waals surface area (Å²) in [5.74, 6) is -0.279. The Kier molecular flexibility index (Phi) is 5.85. The van der Waals surface area contributed by atoms with Gasteiger partial charge in [0.25, 0.3) is 0 Å². The van der Waals surface area contributed by atoms with Crippen molar-refractivity contribution < 1.29 is 14.3 Å². The number of halogens is 1. The molecule has 0 amide bonds. The van der Waals surface area contributed by atoms with Gasteiger partial charge < -0.3 is 19.7 Å². The molecule has 1 saturated heterocycles. The van der Waals surface area contributed by atoms with Crippen LogP contribution in [0.2, 0.25) is 0 Å². The van der Waals surface area contributed by atoms with Crippen LogP contribution >= 0.6 is 15.9 Å². The monoisotopic (exact) mass is 418 g/mol. The van der Waals surface area contributed by atoms with Gasteiger partial charge in [0.2, 0.25) is 0 Å². The smallest absolute Gasteiger partial charge is 0.356 e. The molecule has 0 saturated carbocycles. The Morgan fingerprint density at radius 1 is 1.35 bits per heavy atom. The van der Waals surface area contributed by atoms with Crippen LogP contribution in [0.1, 0.15) is 5.56 Å². The number of benzene rings is 1. The van der Waals surface area contributed by atoms with Crippen LogP contribution in [-0.4, -0.2) is 50.1 Å². The zero-order chi connectivity index (χ0) is 18.5. The van der Waals surface area contributed by atoms with Gasteiger partial charge in [-0.05, 0) is 24.3 Å². The summed E-state index contributed by atoms with van der Waals surface area (Å²) in [6, 6.07) is 9.37. The maximum atomic E-state index is 11.9. The first-order valence-corrected chi connectivity index (χ1v) is 8.90. The number of rotatable bonds is 5. The van der Waals surface area contributed by atoms with E-state index < -0.39 is 5.97 Å². The maximum absolute atomic E-state index is 11.9. The number of morpholine rings is 1. The van der Waals surface area contributed by atoms with Crippen LogP contribution in [0.15, 0.2) is 41.0 Å². The topological polar surface area (TPSA) is 87.5 Å². The van der Waals surface area contributed by atoms with Crippen molar-refractivity contribution >= 4 is 44.8 Å². The largest absolute Gasteiger partial charge is 0.464 e. The summed E-state index contributed by atoms with van der Waals surface area (Å²) in [5.41, 5.74) is 1.79. The summed E-state index contributed by atoms with van der Waals surface area (Å²) in [4.78, 5) is 18.5. The van der Waals surface area contributed by atoms with Gasteiger partial charge in [-0.3, -0.25) is 5.41 Å². The number of aromatic nitrogens is 1. The van der Waals surface area contributed by atoms with E-state index in [-0.39, 0.29) is 5.71 Å². The molecular formula is C18H19BrN4O3. The highest BCUT2D eigenvalue weighted by Gasteiger charge is 2.20. The number of pyridine rings is 1. The van der Waals surface area contributed by atoms with Gasteiger partial charge in [0.05, 0.1) is 37.8 Å². The normalized spacial score (nSPS) is 14.0. The van der Waals surface area contributed by atoms with Crippen LogP contribution in [0.5, 0.6) is 0 Å². The minimum absolute atomic E-state index is 0.243. The molecule has 7 nitrogen and oxygen atoms in total. The molecule has 26 heavy (non-hydrogen) atoms. The van der Waals surface area contributed by atoms with Crippen molar-refractivity contribution in [3.05, 3.63) is 46.6 Å². The number of carbonyl (C=O) groups is 1. The summed E-state index contributed by atoms with van der Waals surface area (Å²) in [5, 5.41) is 11.4. The van der Waals surface area contributed by atoms with Crippen LogP contribution in [0.3, 0.4) is 0 Å². The van der Waals surface area contributed by atoms with E-state index in [1.165, 1.54) is 7.11 Å². The predicted molar refractivity (Wildman–Crippen MR) is 104 cm³/mol. The average molecular weight is 419 g/mol. The molecule has 136 valence electrons. The number of carbonyl (C=O) groups excluding carboxylic acids is 1. The number of nitrogens with zero attached hydrogens (tertiary/aromatic N) is 2. The lowest BCUT2D eigenvalue weighted by Gasteiger charge is -2.29. The average Bonchev–Trinajstić information content (AvgIpc) is 2.68. The fraction of sp³-hybridized carbons (Fsp3) is 0.278. The summed E-state index contributed by atoms with van der Waals surface area (Å²) in [6.07, 6.45) is 1.74. The Morgan fingerprint density at radius 3 is 2.81 bits per heavy atom. The van der Waals surface area contributed by atoms with Gasteiger partial charge in [0.15, 0.2) is 5.71 Å². The summed E-state index contributed by atoms with van der Waals surface area (Å²) < 4.78 is 11.0. The number of ether oxygens (including phenoxy) is 2. The van der Waals surface area contributed by atoms with E-state index in [2.05, 4.69) is 31.1 Å². The predicted octanol–water partition coefficient (Wildman–Crippen LogP) is 2.97. The molecule has 1 aliphatic rings. The second kappa shape index (κ2) is 8.29. The first kappa shape index (κ1) is 18.3. The molecule has 2 aromatic rings. The van der Waals surface area contributed by atoms with Crippen molar-refractivity contribution in [3.8, 4) is 0 Å². The standard InChI is InChI=1S/C18H19BrN4O3/c1-25-18(24)16(20)15-10-14(23-5-7-26-8-6-23)11-21-17(15)22-13-4-2-3-12(19)9-13/h2-4,9-11,20H,5-8H2,1H3,(H,21,22). The molecule has 0 unspecified atom stereocenters. The molecule has 0 bridgehead atoms. The quantitative estimate of drug-likeness (QED) is 0.573. The third-order valence-electron chi connectivity index (χ3n) is 4.00. The lowest BCUT2D eigenvalue weighted by atomic mass is 10.1. The van der Waals surface area contributed by atoms with Gasteiger partial charge in [-0.25, -0.2) is 9.78 Å². The molecule has 8 heteroatoms. The molecule has 0 spiro atoms. The molecule has 2 heterocycles. The number of esters is 1. The SMILES string of the molecule is COC(=O)C(=N)c1cc(N2CCOCC2)cnc1Nc1cccc(Br)c1. The molecule has 1 aliphatic heterocycles. The molecule has 1 fully saturated rings. The third kappa shape index (κ3) is 4.20. The molecule has 2 N–H and O–H groups in total. The Morgan fingerprint density at radius 2 is 2.12 bits per heavy atom. The van der Waals surface area contributed by atoms with Gasteiger partial charge in [-0.15, -0.1) is 0 Å². The van der Waals surface area contributed by atoms with Crippen molar-refractivity contribution in [1.82, 2.24) is 4.98 Å². The maximum Gasteiger partial charge on any atom is 0.356 e. The highest BCUT2D eigenvalue weighted by Crippen LogP contribution is 2.26. The first-order chi connectivity index (χ1) is 12.6. The van der Waals surface area contributed by atoms with Gasteiger partial charge in [-0.1, -0.05) is 22.0 Å². The van der Waals surface area contributed by atoms with Crippen LogP contribution in [0, 0.1) is 5.41 Å². The molecule has 0 aliphatic carbocycles. The Labute approximate surface area is 160 Å². The van der Waals surface area contributed by atoms with Crippen molar-refractivity contribution in [2.24, 2.45) is 0 Å². The highest BCUT2D eigenvalue weighted by atomic mass is 79.9. The fourth-order valence-electron chi connectivity index (χ4n) is 2.65. The lowest BCUT2D eigenvalue weighted by Crippen LogP contribution is -2.36. The number of hydrogen-bond acceptors (Lipinski definition) is 7. The first-order valence-electron chi connectivity index (χ1n) is 8.11. The van der Waals surface area contributed by atoms with Crippen LogP contribution in [0.4, 0.5) is 17.2 Å². The van der Waals surface area contributed by atoms with Crippen molar-refractivity contribution in [2.45, 2.75) is 0 Å². The van der Waals surface area contributed by atoms with E-state index in [4.69, 9.17) is 14.9 Å². The van der Waals surface area contributed by atoms with Crippen LogP contribution < -0.4 is 10.2 Å². The van der Waals surface area contributed by atoms with E-state index in [0.717, 1.165) is 28.9 Å². The molecule has 0 atom stereocenters. The molecule has 1 aromatic heterocycles.